The molecule has 202 valence electrons. The van der Waals surface area contributed by atoms with Crippen molar-refractivity contribution in [3.05, 3.63) is 103 Å². The van der Waals surface area contributed by atoms with Gasteiger partial charge in [-0.2, -0.15) is 0 Å². The molecule has 0 saturated carbocycles. The zero-order valence-electron chi connectivity index (χ0n) is 23.0. The first kappa shape index (κ1) is 25.6. The molecule has 3 aromatic carbocycles. The highest BCUT2D eigenvalue weighted by atomic mass is 16.5. The lowest BCUT2D eigenvalue weighted by atomic mass is 10.1. The van der Waals surface area contributed by atoms with E-state index in [4.69, 9.17) is 14.7 Å². The van der Waals surface area contributed by atoms with Gasteiger partial charge in [-0.25, -0.2) is 9.97 Å². The molecular weight excluding hydrogens is 498 g/mol. The monoisotopic (exact) mass is 531 g/mol. The van der Waals surface area contributed by atoms with Gasteiger partial charge in [0.25, 0.3) is 5.91 Å². The van der Waals surface area contributed by atoms with Crippen molar-refractivity contribution in [3.63, 3.8) is 0 Å². The minimum atomic E-state index is 0.0464. The fourth-order valence-corrected chi connectivity index (χ4v) is 5.31. The van der Waals surface area contributed by atoms with Crippen molar-refractivity contribution >= 4 is 22.8 Å². The number of carbonyl (C=O) groups excluding carboxylic acids is 1. The number of amides is 1. The van der Waals surface area contributed by atoms with Gasteiger partial charge < -0.3 is 19.1 Å². The van der Waals surface area contributed by atoms with E-state index >= 15 is 0 Å². The number of carbonyl (C=O) groups is 1. The maximum atomic E-state index is 13.2. The van der Waals surface area contributed by atoms with Crippen LogP contribution >= 0.6 is 0 Å². The highest BCUT2D eigenvalue weighted by Gasteiger charge is 2.26. The van der Waals surface area contributed by atoms with Crippen LogP contribution < -0.4 is 9.64 Å². The summed E-state index contributed by atoms with van der Waals surface area (Å²) in [6.45, 7) is 7.48. The number of aromatic nitrogens is 3. The van der Waals surface area contributed by atoms with Crippen LogP contribution in [0.4, 0.5) is 5.82 Å². The topological polar surface area (TPSA) is 63.5 Å². The average molecular weight is 532 g/mol. The second kappa shape index (κ2) is 11.2. The fourth-order valence-electron chi connectivity index (χ4n) is 5.31. The number of benzene rings is 3. The van der Waals surface area contributed by atoms with Crippen LogP contribution in [-0.2, 0) is 0 Å². The van der Waals surface area contributed by atoms with Gasteiger partial charge in [0.05, 0.1) is 12.0 Å². The molecule has 7 heteroatoms. The normalized spacial score (nSPS) is 13.6. The van der Waals surface area contributed by atoms with Gasteiger partial charge in [0.1, 0.15) is 17.9 Å². The molecule has 1 aliphatic heterocycles. The Bertz CT molecular complexity index is 1620. The Hall–Kier alpha value is -4.65. The zero-order valence-corrected chi connectivity index (χ0v) is 23.0. The first-order valence-electron chi connectivity index (χ1n) is 13.9. The first-order chi connectivity index (χ1) is 19.6. The van der Waals surface area contributed by atoms with Crippen LogP contribution in [0.2, 0.25) is 0 Å². The molecule has 0 radical (unpaired) electrons. The van der Waals surface area contributed by atoms with Crippen LogP contribution in [0.5, 0.6) is 5.75 Å². The molecule has 5 aromatic rings. The zero-order chi connectivity index (χ0) is 27.5. The molecular formula is C33H33N5O2. The van der Waals surface area contributed by atoms with E-state index < -0.39 is 0 Å². The molecule has 1 fully saturated rings. The van der Waals surface area contributed by atoms with Crippen molar-refractivity contribution < 1.29 is 9.53 Å². The Morgan fingerprint density at radius 1 is 0.900 bits per heavy atom. The molecule has 40 heavy (non-hydrogen) atoms. The SMILES string of the molecule is CCCOc1ccc(C(=O)N2CCN(c3ncnc4c3c(-c3ccccc3)cn4-c3cccc(C)c3)CC2)cc1. The third-order valence-corrected chi connectivity index (χ3v) is 7.37. The van der Waals surface area contributed by atoms with Crippen molar-refractivity contribution in [3.8, 4) is 22.6 Å². The standard InChI is InChI=1S/C33H33N5O2/c1-3-20-40-28-14-12-26(13-15-28)33(39)37-18-16-36(17-19-37)31-30-29(25-9-5-4-6-10-25)22-38(32(30)35-23-34-31)27-11-7-8-24(2)21-27/h4-15,21-23H,3,16-20H2,1-2H3. The highest BCUT2D eigenvalue weighted by Crippen LogP contribution is 2.37. The lowest BCUT2D eigenvalue weighted by Crippen LogP contribution is -2.49. The van der Waals surface area contributed by atoms with Gasteiger partial charge in [-0.3, -0.25) is 4.79 Å². The van der Waals surface area contributed by atoms with Gasteiger partial charge in [-0.1, -0.05) is 49.4 Å². The molecule has 0 aliphatic carbocycles. The Morgan fingerprint density at radius 3 is 2.40 bits per heavy atom. The summed E-state index contributed by atoms with van der Waals surface area (Å²) in [4.78, 5) is 27.0. The van der Waals surface area contributed by atoms with Crippen molar-refractivity contribution in [2.24, 2.45) is 0 Å². The molecule has 7 nitrogen and oxygen atoms in total. The number of anilines is 1. The summed E-state index contributed by atoms with van der Waals surface area (Å²) >= 11 is 0. The number of ether oxygens (including phenoxy) is 1. The van der Waals surface area contributed by atoms with Crippen LogP contribution in [0.3, 0.4) is 0 Å². The molecule has 0 N–H and O–H groups in total. The number of hydrogen-bond acceptors (Lipinski definition) is 5. The van der Waals surface area contributed by atoms with E-state index in [1.54, 1.807) is 6.33 Å². The summed E-state index contributed by atoms with van der Waals surface area (Å²) in [6.07, 6.45) is 4.77. The van der Waals surface area contributed by atoms with Gasteiger partial charge in [0, 0.05) is 49.2 Å². The molecule has 2 aromatic heterocycles. The number of nitrogens with zero attached hydrogens (tertiary/aromatic N) is 5. The molecule has 3 heterocycles. The van der Waals surface area contributed by atoms with Crippen LogP contribution in [-0.4, -0.2) is 58.1 Å². The summed E-state index contributed by atoms with van der Waals surface area (Å²) in [6, 6.07) is 26.3. The van der Waals surface area contributed by atoms with Crippen molar-refractivity contribution in [1.29, 1.82) is 0 Å². The fraction of sp³-hybridized carbons (Fsp3) is 0.242. The Labute approximate surface area is 234 Å². The molecule has 1 saturated heterocycles. The van der Waals surface area contributed by atoms with Crippen molar-refractivity contribution in [2.45, 2.75) is 20.3 Å². The van der Waals surface area contributed by atoms with Gasteiger partial charge in [0.15, 0.2) is 5.65 Å². The molecule has 1 amide bonds. The maximum absolute atomic E-state index is 13.2. The number of aryl methyl sites for hydroxylation is 1. The minimum Gasteiger partial charge on any atom is -0.494 e. The highest BCUT2D eigenvalue weighted by molar-refractivity contribution is 6.02. The summed E-state index contributed by atoms with van der Waals surface area (Å²) in [5.74, 6) is 1.74. The number of fused-ring (bicyclic) bond motifs is 1. The second-order valence-corrected chi connectivity index (χ2v) is 10.2. The van der Waals surface area contributed by atoms with E-state index in [0.717, 1.165) is 45.8 Å². The molecule has 0 unspecified atom stereocenters. The predicted octanol–water partition coefficient (Wildman–Crippen LogP) is 6.15. The van der Waals surface area contributed by atoms with Gasteiger partial charge >= 0.3 is 0 Å². The second-order valence-electron chi connectivity index (χ2n) is 10.2. The minimum absolute atomic E-state index is 0.0464. The average Bonchev–Trinajstić information content (AvgIpc) is 3.41. The third-order valence-electron chi connectivity index (χ3n) is 7.37. The largest absolute Gasteiger partial charge is 0.494 e. The van der Waals surface area contributed by atoms with E-state index in [2.05, 4.69) is 78.0 Å². The predicted molar refractivity (Wildman–Crippen MR) is 159 cm³/mol. The molecule has 0 atom stereocenters. The van der Waals surface area contributed by atoms with Gasteiger partial charge in [-0.15, -0.1) is 0 Å². The van der Waals surface area contributed by atoms with Crippen LogP contribution in [0.15, 0.2) is 91.4 Å². The number of piperazine rings is 1. The smallest absolute Gasteiger partial charge is 0.253 e. The summed E-state index contributed by atoms with van der Waals surface area (Å²) in [5.41, 5.74) is 6.03. The first-order valence-corrected chi connectivity index (χ1v) is 13.9. The summed E-state index contributed by atoms with van der Waals surface area (Å²) in [5, 5.41) is 1.03. The summed E-state index contributed by atoms with van der Waals surface area (Å²) in [7, 11) is 0. The van der Waals surface area contributed by atoms with E-state index in [1.165, 1.54) is 5.56 Å². The Balaban J connectivity index is 1.29. The van der Waals surface area contributed by atoms with E-state index in [9.17, 15) is 4.79 Å². The lowest BCUT2D eigenvalue weighted by molar-refractivity contribution is 0.0746. The third kappa shape index (κ3) is 5.02. The van der Waals surface area contributed by atoms with Crippen molar-refractivity contribution in [2.75, 3.05) is 37.7 Å². The number of hydrogen-bond donors (Lipinski definition) is 0. The molecule has 1 aliphatic rings. The quantitative estimate of drug-likeness (QED) is 0.252. The Kier molecular flexibility index (Phi) is 7.19. The van der Waals surface area contributed by atoms with Crippen LogP contribution in [0.25, 0.3) is 27.8 Å². The summed E-state index contributed by atoms with van der Waals surface area (Å²) < 4.78 is 7.82. The van der Waals surface area contributed by atoms with Crippen LogP contribution in [0, 0.1) is 6.92 Å². The molecule has 6 rings (SSSR count). The Morgan fingerprint density at radius 2 is 1.68 bits per heavy atom. The van der Waals surface area contributed by atoms with Gasteiger partial charge in [-0.05, 0) is 60.9 Å². The van der Waals surface area contributed by atoms with Crippen molar-refractivity contribution in [1.82, 2.24) is 19.4 Å². The van der Waals surface area contributed by atoms with Crippen LogP contribution in [0.1, 0.15) is 29.3 Å². The maximum Gasteiger partial charge on any atom is 0.253 e. The molecule has 0 bridgehead atoms. The van der Waals surface area contributed by atoms with Gasteiger partial charge in [0.2, 0.25) is 0 Å². The van der Waals surface area contributed by atoms with E-state index in [-0.39, 0.29) is 5.91 Å². The lowest BCUT2D eigenvalue weighted by Gasteiger charge is -2.35. The van der Waals surface area contributed by atoms with E-state index in [1.807, 2.05) is 35.2 Å². The van der Waals surface area contributed by atoms with E-state index in [0.29, 0.717) is 38.3 Å². The molecule has 0 spiro atoms. The number of rotatable bonds is 7.